The van der Waals surface area contributed by atoms with E-state index in [1.807, 2.05) is 33.8 Å². The molecule has 0 amide bonds. The average Bonchev–Trinajstić information content (AvgIpc) is 1.62. The van der Waals surface area contributed by atoms with Crippen molar-refractivity contribution < 1.29 is 0 Å². The van der Waals surface area contributed by atoms with Crippen LogP contribution in [0.2, 0.25) is 0 Å². The summed E-state index contributed by atoms with van der Waals surface area (Å²) < 4.78 is 0. The van der Waals surface area contributed by atoms with Crippen LogP contribution in [0.5, 0.6) is 0 Å². The molecule has 0 spiro atoms. The molecule has 0 heterocycles. The van der Waals surface area contributed by atoms with Gasteiger partial charge in [0.25, 0.3) is 0 Å². The summed E-state index contributed by atoms with van der Waals surface area (Å²) in [6, 6.07) is 0. The maximum atomic E-state index is 5.72. The number of rotatable bonds is 1. The number of hydrogen-bond acceptors (Lipinski definition) is 1. The fraction of sp³-hybridized carbons (Fsp3) is 0.714. The van der Waals surface area contributed by atoms with Gasteiger partial charge in [-0.25, -0.2) is 0 Å². The van der Waals surface area contributed by atoms with Crippen LogP contribution < -0.4 is 5.73 Å². The predicted octanol–water partition coefficient (Wildman–Crippen LogP) is 1.69. The van der Waals surface area contributed by atoms with Crippen LogP contribution in [0, 0.1) is 0 Å². The maximum Gasteiger partial charge on any atom is 0.0308 e. The molecule has 1 nitrogen and oxygen atoms in total. The van der Waals surface area contributed by atoms with Gasteiger partial charge in [-0.05, 0) is 27.7 Å². The normalized spacial score (nSPS) is 14.4. The molecular weight excluding hydrogens is 98.1 g/mol. The minimum absolute atomic E-state index is 0.130. The lowest BCUT2D eigenvalue weighted by Crippen LogP contribution is -2.32. The molecule has 0 bridgehead atoms. The van der Waals surface area contributed by atoms with Crippen molar-refractivity contribution in [1.29, 1.82) is 0 Å². The van der Waals surface area contributed by atoms with Gasteiger partial charge in [-0.1, -0.05) is 11.6 Å². The van der Waals surface area contributed by atoms with Crippen LogP contribution in [-0.4, -0.2) is 5.54 Å². The summed E-state index contributed by atoms with van der Waals surface area (Å²) in [5, 5.41) is 0. The number of hydrogen-bond donors (Lipinski definition) is 1. The van der Waals surface area contributed by atoms with Crippen molar-refractivity contribution in [3.8, 4) is 0 Å². The molecule has 0 aliphatic heterocycles. The lowest BCUT2D eigenvalue weighted by Gasteiger charge is -2.18. The molecule has 0 radical (unpaired) electrons. The summed E-state index contributed by atoms with van der Waals surface area (Å²) in [5.41, 5.74) is 6.82. The van der Waals surface area contributed by atoms with Gasteiger partial charge in [-0.3, -0.25) is 0 Å². The molecule has 0 unspecified atom stereocenters. The monoisotopic (exact) mass is 113 g/mol. The summed E-state index contributed by atoms with van der Waals surface area (Å²) in [6.45, 7) is 8.05. The zero-order valence-electron chi connectivity index (χ0n) is 6.15. The Morgan fingerprint density at radius 1 is 1.50 bits per heavy atom. The van der Waals surface area contributed by atoms with Crippen LogP contribution >= 0.6 is 0 Å². The zero-order chi connectivity index (χ0) is 6.78. The van der Waals surface area contributed by atoms with E-state index in [9.17, 15) is 0 Å². The topological polar surface area (TPSA) is 26.0 Å². The predicted molar refractivity (Wildman–Crippen MR) is 37.7 cm³/mol. The van der Waals surface area contributed by atoms with E-state index in [4.69, 9.17) is 5.73 Å². The van der Waals surface area contributed by atoms with E-state index in [0.29, 0.717) is 0 Å². The Labute approximate surface area is 51.6 Å². The molecule has 48 valence electrons. The molecule has 0 rings (SSSR count). The Hall–Kier alpha value is -0.300. The van der Waals surface area contributed by atoms with Gasteiger partial charge >= 0.3 is 0 Å². The quantitative estimate of drug-likeness (QED) is 0.514. The van der Waals surface area contributed by atoms with E-state index in [0.717, 1.165) is 0 Å². The first-order valence-corrected chi connectivity index (χ1v) is 2.90. The van der Waals surface area contributed by atoms with Crippen LogP contribution in [0.1, 0.15) is 27.7 Å². The fourth-order valence-corrected chi connectivity index (χ4v) is 0.372. The van der Waals surface area contributed by atoms with Gasteiger partial charge in [-0.15, -0.1) is 0 Å². The van der Waals surface area contributed by atoms with Gasteiger partial charge in [0.05, 0.1) is 0 Å². The van der Waals surface area contributed by atoms with E-state index < -0.39 is 0 Å². The third-order valence-electron chi connectivity index (χ3n) is 1.45. The Morgan fingerprint density at radius 3 is 1.88 bits per heavy atom. The molecule has 0 fully saturated rings. The highest BCUT2D eigenvalue weighted by Gasteiger charge is 2.10. The molecule has 0 saturated carbocycles. The Bertz CT molecular complexity index is 95.4. The highest BCUT2D eigenvalue weighted by atomic mass is 14.7. The molecule has 0 aromatic rings. The van der Waals surface area contributed by atoms with Crippen molar-refractivity contribution in [3.63, 3.8) is 0 Å². The summed E-state index contributed by atoms with van der Waals surface area (Å²) in [4.78, 5) is 0. The fourth-order valence-electron chi connectivity index (χ4n) is 0.372. The largest absolute Gasteiger partial charge is 0.322 e. The average molecular weight is 113 g/mol. The third kappa shape index (κ3) is 2.12. The second-order valence-corrected chi connectivity index (χ2v) is 2.69. The molecule has 0 aromatic heterocycles. The van der Waals surface area contributed by atoms with Crippen molar-refractivity contribution in [2.75, 3.05) is 0 Å². The van der Waals surface area contributed by atoms with Crippen molar-refractivity contribution in [3.05, 3.63) is 11.6 Å². The lowest BCUT2D eigenvalue weighted by atomic mass is 9.97. The van der Waals surface area contributed by atoms with E-state index in [-0.39, 0.29) is 5.54 Å². The molecular formula is C7H15N. The second-order valence-electron chi connectivity index (χ2n) is 2.69. The molecule has 2 N–H and O–H groups in total. The molecule has 8 heavy (non-hydrogen) atoms. The van der Waals surface area contributed by atoms with Gasteiger partial charge in [0, 0.05) is 5.54 Å². The molecule has 0 aliphatic carbocycles. The summed E-state index contributed by atoms with van der Waals surface area (Å²) in [5.74, 6) is 0. The molecule has 0 aromatic carbocycles. The van der Waals surface area contributed by atoms with Crippen molar-refractivity contribution in [1.82, 2.24) is 0 Å². The number of allylic oxidation sites excluding steroid dienone is 1. The minimum atomic E-state index is -0.130. The molecule has 0 aliphatic rings. The van der Waals surface area contributed by atoms with E-state index in [1.54, 1.807) is 0 Å². The van der Waals surface area contributed by atoms with Gasteiger partial charge < -0.3 is 5.73 Å². The first-order chi connectivity index (χ1) is 3.48. The number of nitrogens with two attached hydrogens (primary N) is 1. The van der Waals surface area contributed by atoms with Crippen LogP contribution in [-0.2, 0) is 0 Å². The Balaban J connectivity index is 4.03. The SMILES string of the molecule is C/C=C(\C)C(C)(C)N. The highest BCUT2D eigenvalue weighted by Crippen LogP contribution is 2.09. The van der Waals surface area contributed by atoms with E-state index in [2.05, 4.69) is 0 Å². The highest BCUT2D eigenvalue weighted by molar-refractivity contribution is 5.11. The van der Waals surface area contributed by atoms with Gasteiger partial charge in [0.1, 0.15) is 0 Å². The summed E-state index contributed by atoms with van der Waals surface area (Å²) >= 11 is 0. The molecule has 1 heteroatoms. The van der Waals surface area contributed by atoms with Crippen LogP contribution in [0.15, 0.2) is 11.6 Å². The van der Waals surface area contributed by atoms with Gasteiger partial charge in [-0.2, -0.15) is 0 Å². The van der Waals surface area contributed by atoms with Crippen LogP contribution in [0.25, 0.3) is 0 Å². The van der Waals surface area contributed by atoms with Gasteiger partial charge in [0.15, 0.2) is 0 Å². The first-order valence-electron chi connectivity index (χ1n) is 2.90. The standard InChI is InChI=1S/C7H15N/c1-5-6(2)7(3,4)8/h5H,8H2,1-4H3/b6-5+. The second kappa shape index (κ2) is 2.31. The van der Waals surface area contributed by atoms with E-state index >= 15 is 0 Å². The Morgan fingerprint density at radius 2 is 1.88 bits per heavy atom. The smallest absolute Gasteiger partial charge is 0.0308 e. The maximum absolute atomic E-state index is 5.72. The van der Waals surface area contributed by atoms with Gasteiger partial charge in [0.2, 0.25) is 0 Å². The van der Waals surface area contributed by atoms with Crippen molar-refractivity contribution >= 4 is 0 Å². The summed E-state index contributed by atoms with van der Waals surface area (Å²) in [6.07, 6.45) is 2.04. The van der Waals surface area contributed by atoms with Crippen molar-refractivity contribution in [2.24, 2.45) is 5.73 Å². The zero-order valence-corrected chi connectivity index (χ0v) is 6.15. The van der Waals surface area contributed by atoms with Crippen LogP contribution in [0.3, 0.4) is 0 Å². The lowest BCUT2D eigenvalue weighted by molar-refractivity contribution is 0.610. The first kappa shape index (κ1) is 7.70. The Kier molecular flexibility index (Phi) is 2.23. The van der Waals surface area contributed by atoms with Crippen molar-refractivity contribution in [2.45, 2.75) is 33.2 Å². The van der Waals surface area contributed by atoms with Crippen LogP contribution in [0.4, 0.5) is 0 Å². The minimum Gasteiger partial charge on any atom is -0.322 e. The molecule has 0 atom stereocenters. The van der Waals surface area contributed by atoms with E-state index in [1.165, 1.54) is 5.57 Å². The molecule has 0 saturated heterocycles. The third-order valence-corrected chi connectivity index (χ3v) is 1.45. The summed E-state index contributed by atoms with van der Waals surface area (Å²) in [7, 11) is 0.